The zero-order chi connectivity index (χ0) is 15.5. The summed E-state index contributed by atoms with van der Waals surface area (Å²) >= 11 is 6.04. The minimum atomic E-state index is -0.137. The zero-order valence-corrected chi connectivity index (χ0v) is 14.0. The fourth-order valence-electron chi connectivity index (χ4n) is 2.00. The van der Waals surface area contributed by atoms with Gasteiger partial charge in [-0.15, -0.1) is 0 Å². The van der Waals surface area contributed by atoms with Crippen LogP contribution in [0, 0.1) is 5.92 Å². The molecule has 0 saturated heterocycles. The molecule has 0 saturated carbocycles. The highest BCUT2D eigenvalue weighted by Crippen LogP contribution is 2.23. The standard InChI is InChI=1S/C16H25ClN2O/c1-7-12(10(2)3)18-15(20)11-8-13(16(4,5)6)19-14(17)9-11/h8-10,12H,7H2,1-6H3,(H,18,20). The van der Waals surface area contributed by atoms with Crippen molar-refractivity contribution in [1.29, 1.82) is 0 Å². The van der Waals surface area contributed by atoms with E-state index in [-0.39, 0.29) is 17.4 Å². The molecule has 3 nitrogen and oxygen atoms in total. The molecule has 0 aliphatic carbocycles. The first kappa shape index (κ1) is 17.0. The number of pyridine rings is 1. The number of carbonyl (C=O) groups is 1. The lowest BCUT2D eigenvalue weighted by molar-refractivity contribution is 0.0924. The zero-order valence-electron chi connectivity index (χ0n) is 13.2. The van der Waals surface area contributed by atoms with Gasteiger partial charge in [-0.25, -0.2) is 4.98 Å². The molecule has 4 heteroatoms. The maximum Gasteiger partial charge on any atom is 0.251 e. The lowest BCUT2D eigenvalue weighted by Crippen LogP contribution is -2.38. The van der Waals surface area contributed by atoms with E-state index in [2.05, 4.69) is 51.8 Å². The summed E-state index contributed by atoms with van der Waals surface area (Å²) in [4.78, 5) is 16.7. The Labute approximate surface area is 127 Å². The molecule has 1 aromatic rings. The Kier molecular flexibility index (Phi) is 5.58. The van der Waals surface area contributed by atoms with Crippen LogP contribution in [0.25, 0.3) is 0 Å². The number of rotatable bonds is 4. The van der Waals surface area contributed by atoms with Gasteiger partial charge < -0.3 is 5.32 Å². The highest BCUT2D eigenvalue weighted by Gasteiger charge is 2.20. The number of amides is 1. The molecule has 0 aliphatic rings. The Hall–Kier alpha value is -1.09. The van der Waals surface area contributed by atoms with Crippen LogP contribution in [0.4, 0.5) is 0 Å². The van der Waals surface area contributed by atoms with E-state index < -0.39 is 0 Å². The topological polar surface area (TPSA) is 42.0 Å². The number of nitrogens with zero attached hydrogens (tertiary/aromatic N) is 1. The van der Waals surface area contributed by atoms with Crippen molar-refractivity contribution in [2.75, 3.05) is 0 Å². The van der Waals surface area contributed by atoms with Crippen LogP contribution < -0.4 is 5.32 Å². The smallest absolute Gasteiger partial charge is 0.251 e. The molecule has 20 heavy (non-hydrogen) atoms. The van der Waals surface area contributed by atoms with Crippen molar-refractivity contribution in [3.63, 3.8) is 0 Å². The maximum atomic E-state index is 12.4. The number of carbonyl (C=O) groups excluding carboxylic acids is 1. The van der Waals surface area contributed by atoms with Gasteiger partial charge in [-0.05, 0) is 24.5 Å². The minimum Gasteiger partial charge on any atom is -0.349 e. The van der Waals surface area contributed by atoms with Crippen molar-refractivity contribution < 1.29 is 4.79 Å². The first-order valence-electron chi connectivity index (χ1n) is 7.14. The molecule has 112 valence electrons. The van der Waals surface area contributed by atoms with Crippen molar-refractivity contribution in [1.82, 2.24) is 10.3 Å². The van der Waals surface area contributed by atoms with Crippen molar-refractivity contribution in [3.05, 3.63) is 28.5 Å². The van der Waals surface area contributed by atoms with Gasteiger partial charge in [-0.1, -0.05) is 53.1 Å². The summed E-state index contributed by atoms with van der Waals surface area (Å²) < 4.78 is 0. The Morgan fingerprint density at radius 2 is 1.95 bits per heavy atom. The number of hydrogen-bond donors (Lipinski definition) is 1. The Morgan fingerprint density at radius 3 is 2.40 bits per heavy atom. The van der Waals surface area contributed by atoms with Crippen LogP contribution in [-0.4, -0.2) is 16.9 Å². The van der Waals surface area contributed by atoms with Crippen molar-refractivity contribution in [3.8, 4) is 0 Å². The Balaban J connectivity index is 3.02. The second-order valence-electron chi connectivity index (χ2n) is 6.55. The summed E-state index contributed by atoms with van der Waals surface area (Å²) in [5.41, 5.74) is 1.27. The molecule has 0 spiro atoms. The van der Waals surface area contributed by atoms with Gasteiger partial charge in [0, 0.05) is 22.7 Å². The molecule has 1 unspecified atom stereocenters. The summed E-state index contributed by atoms with van der Waals surface area (Å²) in [6, 6.07) is 3.63. The van der Waals surface area contributed by atoms with Gasteiger partial charge in [0.05, 0.1) is 0 Å². The molecule has 1 aromatic heterocycles. The fourth-order valence-corrected chi connectivity index (χ4v) is 2.21. The van der Waals surface area contributed by atoms with Gasteiger partial charge in [0.15, 0.2) is 0 Å². The molecule has 0 aromatic carbocycles. The normalized spacial score (nSPS) is 13.4. The Bertz CT molecular complexity index is 478. The van der Waals surface area contributed by atoms with Crippen LogP contribution in [0.2, 0.25) is 5.15 Å². The average Bonchev–Trinajstić information content (AvgIpc) is 2.33. The number of halogens is 1. The van der Waals surface area contributed by atoms with Gasteiger partial charge in [0.1, 0.15) is 5.15 Å². The molecule has 0 bridgehead atoms. The van der Waals surface area contributed by atoms with Gasteiger partial charge in [0.25, 0.3) is 5.91 Å². The molecule has 1 amide bonds. The third-order valence-corrected chi connectivity index (χ3v) is 3.58. The van der Waals surface area contributed by atoms with Crippen molar-refractivity contribution >= 4 is 17.5 Å². The molecular formula is C16H25ClN2O. The second kappa shape index (κ2) is 6.57. The van der Waals surface area contributed by atoms with Crippen LogP contribution in [-0.2, 0) is 5.41 Å². The highest BCUT2D eigenvalue weighted by atomic mass is 35.5. The van der Waals surface area contributed by atoms with Crippen LogP contribution >= 0.6 is 11.6 Å². The molecule has 1 N–H and O–H groups in total. The van der Waals surface area contributed by atoms with E-state index in [4.69, 9.17) is 11.6 Å². The predicted octanol–water partition coefficient (Wildman–Crippen LogP) is 4.20. The third kappa shape index (κ3) is 4.48. The molecule has 0 fully saturated rings. The fraction of sp³-hybridized carbons (Fsp3) is 0.625. The third-order valence-electron chi connectivity index (χ3n) is 3.39. The maximum absolute atomic E-state index is 12.4. The van der Waals surface area contributed by atoms with E-state index in [1.165, 1.54) is 0 Å². The summed E-state index contributed by atoms with van der Waals surface area (Å²) in [6.45, 7) is 12.4. The molecule has 0 radical (unpaired) electrons. The summed E-state index contributed by atoms with van der Waals surface area (Å²) in [6.07, 6.45) is 0.911. The first-order valence-corrected chi connectivity index (χ1v) is 7.52. The summed E-state index contributed by atoms with van der Waals surface area (Å²) in [5, 5.41) is 3.42. The van der Waals surface area contributed by atoms with E-state index in [1.807, 2.05) is 6.07 Å². The predicted molar refractivity (Wildman–Crippen MR) is 84.3 cm³/mol. The molecule has 1 atom stereocenters. The molecular weight excluding hydrogens is 272 g/mol. The number of nitrogens with one attached hydrogen (secondary N) is 1. The first-order chi connectivity index (χ1) is 9.15. The van der Waals surface area contributed by atoms with Crippen LogP contribution in [0.1, 0.15) is 64.0 Å². The van der Waals surface area contributed by atoms with E-state index in [1.54, 1.807) is 6.07 Å². The lowest BCUT2D eigenvalue weighted by atomic mass is 9.90. The number of hydrogen-bond acceptors (Lipinski definition) is 2. The van der Waals surface area contributed by atoms with E-state index in [0.717, 1.165) is 12.1 Å². The Morgan fingerprint density at radius 1 is 1.35 bits per heavy atom. The second-order valence-corrected chi connectivity index (χ2v) is 6.93. The van der Waals surface area contributed by atoms with E-state index in [9.17, 15) is 4.79 Å². The number of aromatic nitrogens is 1. The average molecular weight is 297 g/mol. The quantitative estimate of drug-likeness (QED) is 0.846. The van der Waals surface area contributed by atoms with Crippen molar-refractivity contribution in [2.24, 2.45) is 5.92 Å². The van der Waals surface area contributed by atoms with Crippen molar-refractivity contribution in [2.45, 2.75) is 59.4 Å². The summed E-state index contributed by atoms with van der Waals surface area (Å²) in [7, 11) is 0. The molecule has 0 aliphatic heterocycles. The minimum absolute atomic E-state index is 0.0830. The van der Waals surface area contributed by atoms with Crippen LogP contribution in [0.15, 0.2) is 12.1 Å². The van der Waals surface area contributed by atoms with Crippen LogP contribution in [0.5, 0.6) is 0 Å². The van der Waals surface area contributed by atoms with E-state index in [0.29, 0.717) is 16.6 Å². The summed E-state index contributed by atoms with van der Waals surface area (Å²) in [5.74, 6) is 0.323. The van der Waals surface area contributed by atoms with E-state index >= 15 is 0 Å². The molecule has 1 heterocycles. The molecule has 1 rings (SSSR count). The highest BCUT2D eigenvalue weighted by molar-refractivity contribution is 6.29. The monoisotopic (exact) mass is 296 g/mol. The lowest BCUT2D eigenvalue weighted by Gasteiger charge is -2.22. The van der Waals surface area contributed by atoms with Gasteiger partial charge >= 0.3 is 0 Å². The SMILES string of the molecule is CCC(NC(=O)c1cc(Cl)nc(C(C)(C)C)c1)C(C)C. The largest absolute Gasteiger partial charge is 0.349 e. The van der Waals surface area contributed by atoms with Gasteiger partial charge in [0.2, 0.25) is 0 Å². The van der Waals surface area contributed by atoms with Gasteiger partial charge in [-0.3, -0.25) is 4.79 Å². The van der Waals surface area contributed by atoms with Crippen LogP contribution in [0.3, 0.4) is 0 Å². The van der Waals surface area contributed by atoms with Gasteiger partial charge in [-0.2, -0.15) is 0 Å².